The third-order valence-electron chi connectivity index (χ3n) is 5.68. The van der Waals surface area contributed by atoms with Crippen LogP contribution in [0.15, 0.2) is 63.9 Å². The maximum atomic E-state index is 11.9. The SMILES string of the molecule is CC1=NN(C)C2OC3=CC(=NCCC(C)C)C=CC3=C(c3ccccc3C(=O)O)C12. The highest BCUT2D eigenvalue weighted by Gasteiger charge is 2.44. The van der Waals surface area contributed by atoms with Gasteiger partial charge in [-0.25, -0.2) is 4.79 Å². The van der Waals surface area contributed by atoms with Gasteiger partial charge in [-0.3, -0.25) is 10.0 Å². The molecule has 3 aliphatic rings. The van der Waals surface area contributed by atoms with E-state index in [4.69, 9.17) is 9.73 Å². The summed E-state index contributed by atoms with van der Waals surface area (Å²) in [5.41, 5.74) is 4.62. The van der Waals surface area contributed by atoms with E-state index in [1.54, 1.807) is 12.1 Å². The molecule has 0 radical (unpaired) electrons. The zero-order valence-corrected chi connectivity index (χ0v) is 17.8. The van der Waals surface area contributed by atoms with Crippen LogP contribution in [0, 0.1) is 11.8 Å². The van der Waals surface area contributed by atoms with Crippen LogP contribution in [0.1, 0.15) is 43.1 Å². The summed E-state index contributed by atoms with van der Waals surface area (Å²) < 4.78 is 6.34. The molecule has 1 N–H and O–H groups in total. The van der Waals surface area contributed by atoms with Crippen LogP contribution in [0.2, 0.25) is 0 Å². The number of carbonyl (C=O) groups is 1. The van der Waals surface area contributed by atoms with E-state index in [0.29, 0.717) is 17.2 Å². The highest BCUT2D eigenvalue weighted by atomic mass is 16.5. The molecule has 156 valence electrons. The number of nitrogens with zero attached hydrogens (tertiary/aromatic N) is 3. The van der Waals surface area contributed by atoms with Crippen molar-refractivity contribution in [3.8, 4) is 0 Å². The fraction of sp³-hybridized carbons (Fsp3) is 0.375. The van der Waals surface area contributed by atoms with Crippen LogP contribution >= 0.6 is 0 Å². The molecule has 0 amide bonds. The molecule has 2 aliphatic heterocycles. The largest absolute Gasteiger partial charge is 0.478 e. The first kappa shape index (κ1) is 20.1. The summed E-state index contributed by atoms with van der Waals surface area (Å²) in [7, 11) is 1.89. The first-order valence-electron chi connectivity index (χ1n) is 10.3. The van der Waals surface area contributed by atoms with Gasteiger partial charge in [0.1, 0.15) is 5.76 Å². The van der Waals surface area contributed by atoms with E-state index in [9.17, 15) is 9.90 Å². The first-order chi connectivity index (χ1) is 14.4. The zero-order chi connectivity index (χ0) is 21.4. The van der Waals surface area contributed by atoms with Gasteiger partial charge in [0.25, 0.3) is 0 Å². The number of fused-ring (bicyclic) bond motifs is 2. The first-order valence-corrected chi connectivity index (χ1v) is 10.3. The summed E-state index contributed by atoms with van der Waals surface area (Å²) in [6.45, 7) is 7.10. The smallest absolute Gasteiger partial charge is 0.336 e. The second kappa shape index (κ2) is 7.94. The maximum Gasteiger partial charge on any atom is 0.336 e. The second-order valence-corrected chi connectivity index (χ2v) is 8.31. The average Bonchev–Trinajstić information content (AvgIpc) is 2.99. The van der Waals surface area contributed by atoms with Crippen molar-refractivity contribution in [2.75, 3.05) is 13.6 Å². The molecule has 0 spiro atoms. The summed E-state index contributed by atoms with van der Waals surface area (Å²) in [6, 6.07) is 7.15. The molecule has 0 fully saturated rings. The number of allylic oxidation sites excluding steroid dienone is 3. The Morgan fingerprint density at radius 3 is 2.80 bits per heavy atom. The summed E-state index contributed by atoms with van der Waals surface area (Å²) in [6.07, 6.45) is 6.66. The van der Waals surface area contributed by atoms with Crippen molar-refractivity contribution in [3.05, 3.63) is 65.0 Å². The lowest BCUT2D eigenvalue weighted by atomic mass is 9.79. The van der Waals surface area contributed by atoms with Crippen LogP contribution in [-0.4, -0.2) is 47.3 Å². The minimum Gasteiger partial charge on any atom is -0.478 e. The van der Waals surface area contributed by atoms with Crippen LogP contribution in [0.4, 0.5) is 0 Å². The second-order valence-electron chi connectivity index (χ2n) is 8.31. The van der Waals surface area contributed by atoms with Gasteiger partial charge in [-0.15, -0.1) is 0 Å². The van der Waals surface area contributed by atoms with Gasteiger partial charge in [-0.2, -0.15) is 5.10 Å². The molecule has 1 aromatic rings. The average molecular weight is 405 g/mol. The van der Waals surface area contributed by atoms with Gasteiger partial charge in [0.2, 0.25) is 0 Å². The van der Waals surface area contributed by atoms with E-state index < -0.39 is 5.97 Å². The van der Waals surface area contributed by atoms with Crippen LogP contribution in [0.25, 0.3) is 5.57 Å². The van der Waals surface area contributed by atoms with Gasteiger partial charge in [-0.1, -0.05) is 32.0 Å². The van der Waals surface area contributed by atoms with Gasteiger partial charge in [0.05, 0.1) is 17.2 Å². The van der Waals surface area contributed by atoms with Crippen molar-refractivity contribution in [1.82, 2.24) is 5.01 Å². The van der Waals surface area contributed by atoms with E-state index in [0.717, 1.165) is 35.5 Å². The number of hydrazone groups is 1. The third kappa shape index (κ3) is 3.58. The Balaban J connectivity index is 1.84. The number of carboxylic acids is 1. The number of hydrogen-bond donors (Lipinski definition) is 1. The lowest BCUT2D eigenvalue weighted by Crippen LogP contribution is -2.38. The Morgan fingerprint density at radius 1 is 1.30 bits per heavy atom. The number of carboxylic acid groups (broad SMARTS) is 1. The Morgan fingerprint density at radius 2 is 2.07 bits per heavy atom. The van der Waals surface area contributed by atoms with Gasteiger partial charge in [0.15, 0.2) is 6.23 Å². The highest BCUT2D eigenvalue weighted by Crippen LogP contribution is 2.45. The zero-order valence-electron chi connectivity index (χ0n) is 17.8. The van der Waals surface area contributed by atoms with Crippen molar-refractivity contribution < 1.29 is 14.6 Å². The summed E-state index contributed by atoms with van der Waals surface area (Å²) >= 11 is 0. The monoisotopic (exact) mass is 405 g/mol. The number of rotatable bonds is 5. The Hall–Kier alpha value is -3.15. The van der Waals surface area contributed by atoms with Crippen molar-refractivity contribution in [2.45, 2.75) is 33.4 Å². The normalized spacial score (nSPS) is 23.9. The standard InChI is InChI=1S/C24H27N3O3/c1-14(2)11-12-25-16-9-10-19-20(13-16)30-23-21(15(3)26-27(23)4)22(19)17-7-5-6-8-18(17)24(28)29/h5-10,13-14,21,23H,11-12H2,1-4H3,(H,28,29). The minimum absolute atomic E-state index is 0.133. The minimum atomic E-state index is -0.941. The molecule has 6 heteroatoms. The van der Waals surface area contributed by atoms with Gasteiger partial charge in [-0.05, 0) is 48.6 Å². The summed E-state index contributed by atoms with van der Waals surface area (Å²) in [4.78, 5) is 16.6. The number of hydrogen-bond acceptors (Lipinski definition) is 5. The lowest BCUT2D eigenvalue weighted by molar-refractivity contribution is -0.00515. The van der Waals surface area contributed by atoms with Crippen molar-refractivity contribution >= 4 is 23.0 Å². The van der Waals surface area contributed by atoms with Crippen LogP contribution < -0.4 is 0 Å². The lowest BCUT2D eigenvalue weighted by Gasteiger charge is -2.36. The fourth-order valence-corrected chi connectivity index (χ4v) is 4.18. The molecule has 0 bridgehead atoms. The highest BCUT2D eigenvalue weighted by molar-refractivity contribution is 6.09. The van der Waals surface area contributed by atoms with E-state index in [1.807, 2.05) is 49.3 Å². The molecule has 2 heterocycles. The molecular weight excluding hydrogens is 378 g/mol. The molecular formula is C24H27N3O3. The van der Waals surface area contributed by atoms with Crippen LogP contribution in [0.5, 0.6) is 0 Å². The molecule has 6 nitrogen and oxygen atoms in total. The molecule has 0 saturated carbocycles. The van der Waals surface area contributed by atoms with Crippen molar-refractivity contribution in [1.29, 1.82) is 0 Å². The van der Waals surface area contributed by atoms with Gasteiger partial charge < -0.3 is 9.84 Å². The number of benzene rings is 1. The molecule has 1 aliphatic carbocycles. The van der Waals surface area contributed by atoms with E-state index in [2.05, 4.69) is 18.9 Å². The predicted octanol–water partition coefficient (Wildman–Crippen LogP) is 4.37. The van der Waals surface area contributed by atoms with E-state index in [-0.39, 0.29) is 17.7 Å². The van der Waals surface area contributed by atoms with Crippen LogP contribution in [-0.2, 0) is 4.74 Å². The van der Waals surface area contributed by atoms with Gasteiger partial charge >= 0.3 is 5.97 Å². The van der Waals surface area contributed by atoms with Crippen molar-refractivity contribution in [3.63, 3.8) is 0 Å². The third-order valence-corrected chi connectivity index (χ3v) is 5.68. The molecule has 2 atom stereocenters. The predicted molar refractivity (Wildman–Crippen MR) is 119 cm³/mol. The molecule has 4 rings (SSSR count). The van der Waals surface area contributed by atoms with Gasteiger partial charge in [0, 0.05) is 31.0 Å². The van der Waals surface area contributed by atoms with Crippen LogP contribution in [0.3, 0.4) is 0 Å². The molecule has 0 saturated heterocycles. The quantitative estimate of drug-likeness (QED) is 0.789. The Bertz CT molecular complexity index is 1030. The Kier molecular flexibility index (Phi) is 5.33. The molecule has 30 heavy (non-hydrogen) atoms. The molecule has 1 aromatic carbocycles. The topological polar surface area (TPSA) is 74.5 Å². The van der Waals surface area contributed by atoms with E-state index in [1.165, 1.54) is 0 Å². The number of aliphatic imine (C=N–C) groups is 1. The fourth-order valence-electron chi connectivity index (χ4n) is 4.18. The number of ether oxygens (including phenoxy) is 1. The van der Waals surface area contributed by atoms with E-state index >= 15 is 0 Å². The Labute approximate surface area is 177 Å². The molecule has 0 aromatic heterocycles. The summed E-state index contributed by atoms with van der Waals surface area (Å²) in [5, 5.41) is 16.2. The summed E-state index contributed by atoms with van der Waals surface area (Å²) in [5.74, 6) is 0.243. The molecule has 2 unspecified atom stereocenters. The maximum absolute atomic E-state index is 11.9. The van der Waals surface area contributed by atoms with Crippen molar-refractivity contribution in [2.24, 2.45) is 21.9 Å². The number of aromatic carboxylic acids is 1.